The van der Waals surface area contributed by atoms with Gasteiger partial charge in [0.2, 0.25) is 5.91 Å². The molecule has 1 atom stereocenters. The SMILES string of the molecule is Cc1ccc(CCCC(=O)NCC2CCNC2)cc1. The van der Waals surface area contributed by atoms with Crippen LogP contribution in [-0.4, -0.2) is 25.5 Å². The molecule has 3 nitrogen and oxygen atoms in total. The minimum atomic E-state index is 0.194. The number of aryl methyl sites for hydroxylation is 2. The molecule has 0 aliphatic carbocycles. The van der Waals surface area contributed by atoms with Gasteiger partial charge in [-0.3, -0.25) is 4.79 Å². The van der Waals surface area contributed by atoms with Crippen molar-refractivity contribution in [3.63, 3.8) is 0 Å². The Morgan fingerprint density at radius 3 is 2.84 bits per heavy atom. The smallest absolute Gasteiger partial charge is 0.220 e. The van der Waals surface area contributed by atoms with Crippen LogP contribution in [-0.2, 0) is 11.2 Å². The van der Waals surface area contributed by atoms with Gasteiger partial charge in [-0.1, -0.05) is 29.8 Å². The van der Waals surface area contributed by atoms with E-state index in [0.29, 0.717) is 12.3 Å². The maximum atomic E-state index is 11.7. The molecule has 0 radical (unpaired) electrons. The summed E-state index contributed by atoms with van der Waals surface area (Å²) in [4.78, 5) is 11.7. The van der Waals surface area contributed by atoms with Crippen molar-refractivity contribution in [2.75, 3.05) is 19.6 Å². The minimum absolute atomic E-state index is 0.194. The Morgan fingerprint density at radius 2 is 2.16 bits per heavy atom. The molecule has 2 rings (SSSR count). The average molecular weight is 260 g/mol. The molecule has 1 aliphatic heterocycles. The largest absolute Gasteiger partial charge is 0.356 e. The highest BCUT2D eigenvalue weighted by atomic mass is 16.1. The number of hydrogen-bond acceptors (Lipinski definition) is 2. The zero-order chi connectivity index (χ0) is 13.5. The molecule has 1 unspecified atom stereocenters. The van der Waals surface area contributed by atoms with E-state index in [4.69, 9.17) is 0 Å². The lowest BCUT2D eigenvalue weighted by molar-refractivity contribution is -0.121. The van der Waals surface area contributed by atoms with Gasteiger partial charge in [0.05, 0.1) is 0 Å². The van der Waals surface area contributed by atoms with E-state index in [1.54, 1.807) is 0 Å². The molecule has 1 aromatic rings. The molecule has 0 aromatic heterocycles. The highest BCUT2D eigenvalue weighted by Crippen LogP contribution is 2.08. The van der Waals surface area contributed by atoms with Gasteiger partial charge in [0.15, 0.2) is 0 Å². The third-order valence-electron chi connectivity index (χ3n) is 3.74. The first-order chi connectivity index (χ1) is 9.24. The molecule has 1 aromatic carbocycles. The van der Waals surface area contributed by atoms with Gasteiger partial charge in [0.25, 0.3) is 0 Å². The van der Waals surface area contributed by atoms with E-state index in [9.17, 15) is 4.79 Å². The normalized spacial score (nSPS) is 18.5. The summed E-state index contributed by atoms with van der Waals surface area (Å²) in [5.41, 5.74) is 2.60. The van der Waals surface area contributed by atoms with E-state index in [0.717, 1.165) is 32.5 Å². The number of hydrogen-bond donors (Lipinski definition) is 2. The van der Waals surface area contributed by atoms with Gasteiger partial charge in [-0.15, -0.1) is 0 Å². The number of nitrogens with one attached hydrogen (secondary N) is 2. The molecule has 3 heteroatoms. The van der Waals surface area contributed by atoms with Crippen molar-refractivity contribution in [1.29, 1.82) is 0 Å². The summed E-state index contributed by atoms with van der Waals surface area (Å²) in [6.07, 6.45) is 3.73. The third-order valence-corrected chi connectivity index (χ3v) is 3.74. The number of rotatable bonds is 6. The molecular formula is C16H24N2O. The molecule has 0 bridgehead atoms. The fourth-order valence-corrected chi connectivity index (χ4v) is 2.44. The van der Waals surface area contributed by atoms with Crippen LogP contribution >= 0.6 is 0 Å². The predicted octanol–water partition coefficient (Wildman–Crippen LogP) is 2.04. The Balaban J connectivity index is 1.59. The van der Waals surface area contributed by atoms with Crippen LogP contribution in [0.1, 0.15) is 30.4 Å². The molecule has 1 amide bonds. The minimum Gasteiger partial charge on any atom is -0.356 e. The van der Waals surface area contributed by atoms with Crippen molar-refractivity contribution in [3.05, 3.63) is 35.4 Å². The summed E-state index contributed by atoms with van der Waals surface area (Å²) >= 11 is 0. The van der Waals surface area contributed by atoms with Gasteiger partial charge < -0.3 is 10.6 Å². The Labute approximate surface area is 115 Å². The first-order valence-corrected chi connectivity index (χ1v) is 7.27. The summed E-state index contributed by atoms with van der Waals surface area (Å²) in [5.74, 6) is 0.820. The van der Waals surface area contributed by atoms with Gasteiger partial charge in [-0.05, 0) is 50.8 Å². The van der Waals surface area contributed by atoms with E-state index in [1.807, 2.05) is 0 Å². The molecule has 1 heterocycles. The van der Waals surface area contributed by atoms with E-state index in [1.165, 1.54) is 17.5 Å². The highest BCUT2D eigenvalue weighted by molar-refractivity contribution is 5.75. The number of benzene rings is 1. The monoisotopic (exact) mass is 260 g/mol. The standard InChI is InChI=1S/C16H24N2O/c1-13-5-7-14(8-6-13)3-2-4-16(19)18-12-15-9-10-17-11-15/h5-8,15,17H,2-4,9-12H2,1H3,(H,18,19). The fraction of sp³-hybridized carbons (Fsp3) is 0.562. The zero-order valence-electron chi connectivity index (χ0n) is 11.7. The van der Waals surface area contributed by atoms with Crippen LogP contribution in [0.2, 0.25) is 0 Å². The van der Waals surface area contributed by atoms with Gasteiger partial charge in [-0.2, -0.15) is 0 Å². The van der Waals surface area contributed by atoms with Gasteiger partial charge in [0.1, 0.15) is 0 Å². The van der Waals surface area contributed by atoms with Crippen LogP contribution in [0.25, 0.3) is 0 Å². The maximum Gasteiger partial charge on any atom is 0.220 e. The second-order valence-electron chi connectivity index (χ2n) is 5.50. The van der Waals surface area contributed by atoms with Crippen molar-refractivity contribution in [2.45, 2.75) is 32.6 Å². The maximum absolute atomic E-state index is 11.7. The number of carbonyl (C=O) groups excluding carboxylic acids is 1. The van der Waals surface area contributed by atoms with E-state index in [-0.39, 0.29) is 5.91 Å². The van der Waals surface area contributed by atoms with Crippen molar-refractivity contribution in [3.8, 4) is 0 Å². The van der Waals surface area contributed by atoms with Gasteiger partial charge >= 0.3 is 0 Å². The summed E-state index contributed by atoms with van der Waals surface area (Å²) in [5, 5.41) is 6.35. The molecule has 1 aliphatic rings. The van der Waals surface area contributed by atoms with Crippen LogP contribution in [0.3, 0.4) is 0 Å². The van der Waals surface area contributed by atoms with Crippen LogP contribution < -0.4 is 10.6 Å². The van der Waals surface area contributed by atoms with Gasteiger partial charge in [0, 0.05) is 13.0 Å². The highest BCUT2D eigenvalue weighted by Gasteiger charge is 2.14. The first-order valence-electron chi connectivity index (χ1n) is 7.27. The van der Waals surface area contributed by atoms with E-state index in [2.05, 4.69) is 41.8 Å². The van der Waals surface area contributed by atoms with Crippen LogP contribution in [0, 0.1) is 12.8 Å². The molecular weight excluding hydrogens is 236 g/mol. The summed E-state index contributed by atoms with van der Waals surface area (Å²) in [7, 11) is 0. The summed E-state index contributed by atoms with van der Waals surface area (Å²) in [6.45, 7) is 5.06. The predicted molar refractivity (Wildman–Crippen MR) is 78.1 cm³/mol. The molecule has 104 valence electrons. The zero-order valence-corrected chi connectivity index (χ0v) is 11.7. The van der Waals surface area contributed by atoms with Crippen molar-refractivity contribution in [1.82, 2.24) is 10.6 Å². The topological polar surface area (TPSA) is 41.1 Å². The first kappa shape index (κ1) is 14.1. The van der Waals surface area contributed by atoms with Crippen LogP contribution in [0.5, 0.6) is 0 Å². The second kappa shape index (κ2) is 7.29. The Kier molecular flexibility index (Phi) is 5.40. The second-order valence-corrected chi connectivity index (χ2v) is 5.50. The average Bonchev–Trinajstić information content (AvgIpc) is 2.92. The van der Waals surface area contributed by atoms with Crippen LogP contribution in [0.15, 0.2) is 24.3 Å². The summed E-state index contributed by atoms with van der Waals surface area (Å²) < 4.78 is 0. The van der Waals surface area contributed by atoms with Crippen LogP contribution in [0.4, 0.5) is 0 Å². The Hall–Kier alpha value is -1.35. The third kappa shape index (κ3) is 5.03. The van der Waals surface area contributed by atoms with Gasteiger partial charge in [-0.25, -0.2) is 0 Å². The number of carbonyl (C=O) groups is 1. The van der Waals surface area contributed by atoms with Crippen molar-refractivity contribution < 1.29 is 4.79 Å². The summed E-state index contributed by atoms with van der Waals surface area (Å²) in [6, 6.07) is 8.56. The molecule has 0 spiro atoms. The lowest BCUT2D eigenvalue weighted by atomic mass is 10.1. The van der Waals surface area contributed by atoms with Crippen molar-refractivity contribution in [2.24, 2.45) is 5.92 Å². The lowest BCUT2D eigenvalue weighted by Crippen LogP contribution is -2.30. The number of amides is 1. The fourth-order valence-electron chi connectivity index (χ4n) is 2.44. The lowest BCUT2D eigenvalue weighted by Gasteiger charge is -2.10. The van der Waals surface area contributed by atoms with E-state index >= 15 is 0 Å². The van der Waals surface area contributed by atoms with E-state index < -0.39 is 0 Å². The molecule has 1 fully saturated rings. The molecule has 2 N–H and O–H groups in total. The Bertz CT molecular complexity index is 394. The Morgan fingerprint density at radius 1 is 1.37 bits per heavy atom. The quantitative estimate of drug-likeness (QED) is 0.822. The molecule has 1 saturated heterocycles. The molecule has 19 heavy (non-hydrogen) atoms. The van der Waals surface area contributed by atoms with Crippen molar-refractivity contribution >= 4 is 5.91 Å². The molecule has 0 saturated carbocycles.